The molecular formula is C27H30N4O5S. The molecule has 1 amide bonds. The Morgan fingerprint density at radius 2 is 1.89 bits per heavy atom. The van der Waals surface area contributed by atoms with Crippen LogP contribution in [0.1, 0.15) is 18.9 Å². The standard InChI is InChI=1S/C27H30N4O5S/c1-5-36-20-8-9-21-24(17-20)37-27(29-21)31(13-6-12-30-14-11-28-18-30)25(32)10-7-19-15-22(33-2)26(35-4)23(16-19)34-3/h7-11,14-18H,5-6,12-13H2,1-4H3/b10-7+. The monoisotopic (exact) mass is 522 g/mol. The van der Waals surface area contributed by atoms with Gasteiger partial charge in [-0.15, -0.1) is 0 Å². The predicted octanol–water partition coefficient (Wildman–Crippen LogP) is 5.05. The van der Waals surface area contributed by atoms with Gasteiger partial charge in [-0.1, -0.05) is 11.3 Å². The van der Waals surface area contributed by atoms with Crippen LogP contribution in [-0.4, -0.2) is 54.9 Å². The molecule has 0 atom stereocenters. The number of aromatic nitrogens is 3. The molecule has 0 fully saturated rings. The summed E-state index contributed by atoms with van der Waals surface area (Å²) in [5.41, 5.74) is 1.57. The first kappa shape index (κ1) is 26.0. The van der Waals surface area contributed by atoms with Crippen molar-refractivity contribution in [2.24, 2.45) is 0 Å². The molecule has 0 aliphatic rings. The first-order valence-corrected chi connectivity index (χ1v) is 12.7. The van der Waals surface area contributed by atoms with E-state index < -0.39 is 0 Å². The molecule has 0 saturated heterocycles. The van der Waals surface area contributed by atoms with Crippen LogP contribution in [0.2, 0.25) is 0 Å². The number of carbonyl (C=O) groups is 1. The molecule has 2 heterocycles. The number of nitrogens with zero attached hydrogens (tertiary/aromatic N) is 4. The molecule has 4 aromatic rings. The second-order valence-electron chi connectivity index (χ2n) is 7.99. The van der Waals surface area contributed by atoms with Gasteiger partial charge in [-0.3, -0.25) is 9.69 Å². The largest absolute Gasteiger partial charge is 0.494 e. The first-order valence-electron chi connectivity index (χ1n) is 11.8. The number of methoxy groups -OCH3 is 3. The number of hydrogen-bond acceptors (Lipinski definition) is 8. The highest BCUT2D eigenvalue weighted by Gasteiger charge is 2.19. The predicted molar refractivity (Wildman–Crippen MR) is 145 cm³/mol. The second kappa shape index (κ2) is 12.3. The highest BCUT2D eigenvalue weighted by atomic mass is 32.1. The van der Waals surface area contributed by atoms with Crippen LogP contribution in [0.25, 0.3) is 16.3 Å². The molecule has 9 nitrogen and oxygen atoms in total. The summed E-state index contributed by atoms with van der Waals surface area (Å²) < 4.78 is 24.8. The minimum Gasteiger partial charge on any atom is -0.494 e. The van der Waals surface area contributed by atoms with E-state index in [4.69, 9.17) is 23.9 Å². The molecule has 0 saturated carbocycles. The van der Waals surface area contributed by atoms with Gasteiger partial charge in [0, 0.05) is 31.6 Å². The van der Waals surface area contributed by atoms with Crippen molar-refractivity contribution in [3.63, 3.8) is 0 Å². The van der Waals surface area contributed by atoms with Crippen molar-refractivity contribution in [1.29, 1.82) is 0 Å². The molecule has 4 rings (SSSR count). The Labute approximate surface area is 219 Å². The fraction of sp³-hybridized carbons (Fsp3) is 0.296. The molecule has 0 bridgehead atoms. The molecule has 0 aliphatic carbocycles. The summed E-state index contributed by atoms with van der Waals surface area (Å²) in [6.45, 7) is 3.76. The lowest BCUT2D eigenvalue weighted by atomic mass is 10.1. The Bertz CT molecular complexity index is 1340. The maximum absolute atomic E-state index is 13.5. The van der Waals surface area contributed by atoms with Crippen LogP contribution in [0.5, 0.6) is 23.0 Å². The quantitative estimate of drug-likeness (QED) is 0.241. The van der Waals surface area contributed by atoms with Gasteiger partial charge in [0.05, 0.1) is 44.5 Å². The van der Waals surface area contributed by atoms with E-state index in [2.05, 4.69) is 4.98 Å². The van der Waals surface area contributed by atoms with Crippen LogP contribution in [0.4, 0.5) is 5.13 Å². The molecule has 0 unspecified atom stereocenters. The van der Waals surface area contributed by atoms with Crippen molar-refractivity contribution in [1.82, 2.24) is 14.5 Å². The van der Waals surface area contributed by atoms with Gasteiger partial charge in [0.2, 0.25) is 5.75 Å². The van der Waals surface area contributed by atoms with Crippen LogP contribution in [-0.2, 0) is 11.3 Å². The summed E-state index contributed by atoms with van der Waals surface area (Å²) in [7, 11) is 4.67. The van der Waals surface area contributed by atoms with Crippen molar-refractivity contribution in [3.05, 3.63) is 60.7 Å². The number of thiazole rings is 1. The number of rotatable bonds is 12. The lowest BCUT2D eigenvalue weighted by Gasteiger charge is -2.18. The van der Waals surface area contributed by atoms with Crippen molar-refractivity contribution in [2.45, 2.75) is 19.9 Å². The molecule has 2 aromatic heterocycles. The molecule has 194 valence electrons. The minimum absolute atomic E-state index is 0.177. The van der Waals surface area contributed by atoms with Gasteiger partial charge in [-0.25, -0.2) is 9.97 Å². The average Bonchev–Trinajstić information content (AvgIpc) is 3.58. The third-order valence-electron chi connectivity index (χ3n) is 5.62. The Morgan fingerprint density at radius 3 is 2.54 bits per heavy atom. The zero-order valence-corrected chi connectivity index (χ0v) is 22.2. The molecule has 0 radical (unpaired) electrons. The Kier molecular flexibility index (Phi) is 8.63. The normalized spacial score (nSPS) is 11.1. The zero-order chi connectivity index (χ0) is 26.2. The van der Waals surface area contributed by atoms with E-state index >= 15 is 0 Å². The van der Waals surface area contributed by atoms with Crippen molar-refractivity contribution >= 4 is 38.7 Å². The first-order chi connectivity index (χ1) is 18.1. The van der Waals surface area contributed by atoms with E-state index in [1.807, 2.05) is 35.9 Å². The van der Waals surface area contributed by atoms with E-state index in [0.29, 0.717) is 35.5 Å². The lowest BCUT2D eigenvalue weighted by Crippen LogP contribution is -2.30. The van der Waals surface area contributed by atoms with Crippen LogP contribution >= 0.6 is 11.3 Å². The zero-order valence-electron chi connectivity index (χ0n) is 21.3. The number of carbonyl (C=O) groups excluding carboxylic acids is 1. The topological polar surface area (TPSA) is 87.9 Å². The molecule has 10 heteroatoms. The Morgan fingerprint density at radius 1 is 1.11 bits per heavy atom. The number of fused-ring (bicyclic) bond motifs is 1. The van der Waals surface area contributed by atoms with E-state index in [-0.39, 0.29) is 5.91 Å². The van der Waals surface area contributed by atoms with Gasteiger partial charge in [-0.2, -0.15) is 0 Å². The van der Waals surface area contributed by atoms with Crippen LogP contribution in [0.3, 0.4) is 0 Å². The number of imidazole rings is 1. The third-order valence-corrected chi connectivity index (χ3v) is 6.66. The van der Waals surface area contributed by atoms with Gasteiger partial charge >= 0.3 is 0 Å². The maximum Gasteiger partial charge on any atom is 0.252 e. The maximum atomic E-state index is 13.5. The van der Waals surface area contributed by atoms with Gasteiger partial charge in [0.1, 0.15) is 5.75 Å². The summed E-state index contributed by atoms with van der Waals surface area (Å²) >= 11 is 1.46. The second-order valence-corrected chi connectivity index (χ2v) is 9.00. The Hall–Kier alpha value is -4.05. The molecular weight excluding hydrogens is 492 g/mol. The summed E-state index contributed by atoms with van der Waals surface area (Å²) in [5, 5.41) is 0.633. The summed E-state index contributed by atoms with van der Waals surface area (Å²) in [6.07, 6.45) is 9.42. The smallest absolute Gasteiger partial charge is 0.252 e. The Balaban J connectivity index is 1.61. The fourth-order valence-electron chi connectivity index (χ4n) is 3.85. The number of anilines is 1. The average molecular weight is 523 g/mol. The fourth-order valence-corrected chi connectivity index (χ4v) is 4.88. The number of aryl methyl sites for hydroxylation is 1. The van der Waals surface area contributed by atoms with Gasteiger partial charge in [-0.05, 0) is 55.3 Å². The van der Waals surface area contributed by atoms with Crippen LogP contribution in [0.15, 0.2) is 55.1 Å². The number of benzene rings is 2. The van der Waals surface area contributed by atoms with Crippen LogP contribution < -0.4 is 23.8 Å². The third kappa shape index (κ3) is 6.21. The molecule has 0 N–H and O–H groups in total. The molecule has 0 aliphatic heterocycles. The van der Waals surface area contributed by atoms with Crippen molar-refractivity contribution < 1.29 is 23.7 Å². The highest BCUT2D eigenvalue weighted by Crippen LogP contribution is 2.38. The van der Waals surface area contributed by atoms with E-state index in [1.165, 1.54) is 17.4 Å². The van der Waals surface area contributed by atoms with Gasteiger partial charge < -0.3 is 23.5 Å². The molecule has 0 spiro atoms. The number of amides is 1. The van der Waals surface area contributed by atoms with Gasteiger partial charge in [0.15, 0.2) is 16.6 Å². The van der Waals surface area contributed by atoms with Gasteiger partial charge in [0.25, 0.3) is 5.91 Å². The highest BCUT2D eigenvalue weighted by molar-refractivity contribution is 7.22. The summed E-state index contributed by atoms with van der Waals surface area (Å²) in [4.78, 5) is 24.0. The number of hydrogen-bond donors (Lipinski definition) is 0. The van der Waals surface area contributed by atoms with Crippen LogP contribution in [0, 0.1) is 0 Å². The van der Waals surface area contributed by atoms with Crippen molar-refractivity contribution in [3.8, 4) is 23.0 Å². The van der Waals surface area contributed by atoms with E-state index in [9.17, 15) is 4.79 Å². The number of ether oxygens (including phenoxy) is 4. The van der Waals surface area contributed by atoms with Crippen molar-refractivity contribution in [2.75, 3.05) is 39.4 Å². The SMILES string of the molecule is CCOc1ccc2nc(N(CCCn3ccnc3)C(=O)/C=C/c3cc(OC)c(OC)c(OC)c3)sc2c1. The molecule has 2 aromatic carbocycles. The van der Waals surface area contributed by atoms with E-state index in [1.54, 1.807) is 57.0 Å². The summed E-state index contributed by atoms with van der Waals surface area (Å²) in [6, 6.07) is 9.36. The van der Waals surface area contributed by atoms with E-state index in [0.717, 1.165) is 34.5 Å². The molecule has 37 heavy (non-hydrogen) atoms. The minimum atomic E-state index is -0.177. The summed E-state index contributed by atoms with van der Waals surface area (Å²) in [5.74, 6) is 2.13. The lowest BCUT2D eigenvalue weighted by molar-refractivity contribution is -0.114.